The highest BCUT2D eigenvalue weighted by atomic mass is 19.3. The van der Waals surface area contributed by atoms with Gasteiger partial charge in [-0.15, -0.1) is 0 Å². The van der Waals surface area contributed by atoms with Gasteiger partial charge in [0.1, 0.15) is 6.10 Å². The lowest BCUT2D eigenvalue weighted by Gasteiger charge is -2.31. The van der Waals surface area contributed by atoms with E-state index in [1.807, 2.05) is 6.92 Å². The number of unbranched alkanes of at least 4 members (excludes halogenated alkanes) is 3. The summed E-state index contributed by atoms with van der Waals surface area (Å²) >= 11 is 0. The van der Waals surface area contributed by atoms with Gasteiger partial charge in [-0.05, 0) is 11.8 Å². The molecular formula is C13H24F2O2. The fourth-order valence-electron chi connectivity index (χ4n) is 1.58. The molecule has 0 unspecified atom stereocenters. The zero-order valence-electron chi connectivity index (χ0n) is 11.2. The van der Waals surface area contributed by atoms with E-state index in [0.29, 0.717) is 6.42 Å². The minimum absolute atomic E-state index is 0.153. The molecule has 17 heavy (non-hydrogen) atoms. The Hall–Kier alpha value is -0.510. The lowest BCUT2D eigenvalue weighted by Crippen LogP contribution is -2.48. The van der Waals surface area contributed by atoms with Crippen LogP contribution in [0.3, 0.4) is 0 Å². The molecule has 0 aliphatic heterocycles. The van der Waals surface area contributed by atoms with E-state index >= 15 is 0 Å². The van der Waals surface area contributed by atoms with E-state index in [-0.39, 0.29) is 6.42 Å². The zero-order chi connectivity index (χ0) is 13.7. The Morgan fingerprint density at radius 2 is 1.71 bits per heavy atom. The van der Waals surface area contributed by atoms with Crippen LogP contribution in [-0.2, 0) is 4.79 Å². The van der Waals surface area contributed by atoms with Gasteiger partial charge >= 0.3 is 5.92 Å². The number of aliphatic hydroxyl groups excluding tert-OH is 1. The Kier molecular flexibility index (Phi) is 6.24. The predicted molar refractivity (Wildman–Crippen MR) is 64.2 cm³/mol. The van der Waals surface area contributed by atoms with Gasteiger partial charge in [0.05, 0.1) is 0 Å². The SMILES string of the molecule is CCCCCCC(=O)C(F)(F)[C@H](O)C(C)(C)C. The molecule has 0 aliphatic carbocycles. The summed E-state index contributed by atoms with van der Waals surface area (Å²) in [4.78, 5) is 11.4. The highest BCUT2D eigenvalue weighted by molar-refractivity contribution is 5.86. The summed E-state index contributed by atoms with van der Waals surface area (Å²) < 4.78 is 27.2. The fourth-order valence-corrected chi connectivity index (χ4v) is 1.58. The average Bonchev–Trinajstić information content (AvgIpc) is 2.21. The second kappa shape index (κ2) is 6.43. The van der Waals surface area contributed by atoms with Crippen molar-refractivity contribution in [2.75, 3.05) is 0 Å². The summed E-state index contributed by atoms with van der Waals surface area (Å²) in [5, 5.41) is 9.52. The van der Waals surface area contributed by atoms with Crippen LogP contribution in [0.5, 0.6) is 0 Å². The second-order valence-electron chi connectivity index (χ2n) is 5.63. The molecule has 0 aliphatic rings. The van der Waals surface area contributed by atoms with E-state index in [4.69, 9.17) is 0 Å². The summed E-state index contributed by atoms with van der Waals surface area (Å²) in [5.41, 5.74) is -0.997. The molecule has 0 heterocycles. The fraction of sp³-hybridized carbons (Fsp3) is 0.923. The molecule has 0 aromatic heterocycles. The second-order valence-corrected chi connectivity index (χ2v) is 5.63. The number of carbonyl (C=O) groups excluding carboxylic acids is 1. The van der Waals surface area contributed by atoms with Crippen LogP contribution in [-0.4, -0.2) is 22.9 Å². The van der Waals surface area contributed by atoms with Crippen molar-refractivity contribution in [2.24, 2.45) is 5.41 Å². The van der Waals surface area contributed by atoms with Crippen molar-refractivity contribution >= 4 is 5.78 Å². The molecule has 0 saturated heterocycles. The van der Waals surface area contributed by atoms with Gasteiger partial charge in [-0.3, -0.25) is 4.79 Å². The number of halogens is 2. The van der Waals surface area contributed by atoms with Crippen LogP contribution < -0.4 is 0 Å². The highest BCUT2D eigenvalue weighted by Crippen LogP contribution is 2.33. The number of alkyl halides is 2. The number of carbonyl (C=O) groups is 1. The Balaban J connectivity index is 4.35. The average molecular weight is 250 g/mol. The Bertz CT molecular complexity index is 244. The third kappa shape index (κ3) is 5.11. The lowest BCUT2D eigenvalue weighted by atomic mass is 9.83. The molecule has 102 valence electrons. The maximum atomic E-state index is 13.6. The van der Waals surface area contributed by atoms with Crippen molar-refractivity contribution in [1.82, 2.24) is 0 Å². The van der Waals surface area contributed by atoms with E-state index in [2.05, 4.69) is 0 Å². The van der Waals surface area contributed by atoms with E-state index in [1.165, 1.54) is 20.8 Å². The summed E-state index contributed by atoms with van der Waals surface area (Å²) in [6, 6.07) is 0. The summed E-state index contributed by atoms with van der Waals surface area (Å²) in [6.07, 6.45) is 1.12. The van der Waals surface area contributed by atoms with Crippen LogP contribution in [0.25, 0.3) is 0 Å². The van der Waals surface area contributed by atoms with E-state index in [0.717, 1.165) is 19.3 Å². The molecule has 0 bridgehead atoms. The number of Topliss-reactive ketones (excluding diaryl/α,β-unsaturated/α-hetero) is 1. The van der Waals surface area contributed by atoms with Crippen LogP contribution in [0, 0.1) is 5.41 Å². The molecule has 1 N–H and O–H groups in total. The maximum Gasteiger partial charge on any atom is 0.330 e. The van der Waals surface area contributed by atoms with Crippen LogP contribution >= 0.6 is 0 Å². The molecule has 0 radical (unpaired) electrons. The molecule has 0 spiro atoms. The van der Waals surface area contributed by atoms with Crippen LogP contribution in [0.15, 0.2) is 0 Å². The monoisotopic (exact) mass is 250 g/mol. The lowest BCUT2D eigenvalue weighted by molar-refractivity contribution is -0.174. The van der Waals surface area contributed by atoms with Crippen molar-refractivity contribution in [3.8, 4) is 0 Å². The molecule has 2 nitrogen and oxygen atoms in total. The Labute approximate surface area is 102 Å². The summed E-state index contributed by atoms with van der Waals surface area (Å²) in [6.45, 7) is 6.50. The third-order valence-corrected chi connectivity index (χ3v) is 2.79. The van der Waals surface area contributed by atoms with Gasteiger partial charge in [0.25, 0.3) is 0 Å². The normalized spacial score (nSPS) is 14.8. The van der Waals surface area contributed by atoms with E-state index in [1.54, 1.807) is 0 Å². The minimum Gasteiger partial charge on any atom is -0.386 e. The first-order valence-corrected chi connectivity index (χ1v) is 6.23. The van der Waals surface area contributed by atoms with Gasteiger partial charge in [-0.1, -0.05) is 47.0 Å². The largest absolute Gasteiger partial charge is 0.386 e. The Morgan fingerprint density at radius 3 is 2.12 bits per heavy atom. The first-order chi connectivity index (χ1) is 7.64. The number of hydrogen-bond acceptors (Lipinski definition) is 2. The van der Waals surface area contributed by atoms with Gasteiger partial charge in [0.2, 0.25) is 5.78 Å². The standard InChI is InChI=1S/C13H24F2O2/c1-5-6-7-8-9-10(16)13(14,15)11(17)12(2,3)4/h11,17H,5-9H2,1-4H3/t11-/m1/s1. The molecule has 0 rings (SSSR count). The summed E-state index contributed by atoms with van der Waals surface area (Å²) in [5.74, 6) is -4.78. The molecule has 4 heteroatoms. The molecule has 0 aromatic rings. The van der Waals surface area contributed by atoms with Gasteiger partial charge in [0.15, 0.2) is 0 Å². The van der Waals surface area contributed by atoms with Gasteiger partial charge in [0, 0.05) is 6.42 Å². The predicted octanol–water partition coefficient (Wildman–Crippen LogP) is 3.57. The van der Waals surface area contributed by atoms with E-state index in [9.17, 15) is 18.7 Å². The van der Waals surface area contributed by atoms with Crippen LogP contribution in [0.2, 0.25) is 0 Å². The van der Waals surface area contributed by atoms with Gasteiger partial charge in [-0.2, -0.15) is 8.78 Å². The minimum atomic E-state index is -3.63. The quantitative estimate of drug-likeness (QED) is 0.701. The highest BCUT2D eigenvalue weighted by Gasteiger charge is 2.50. The van der Waals surface area contributed by atoms with Gasteiger partial charge < -0.3 is 5.11 Å². The number of aliphatic hydroxyl groups is 1. The Morgan fingerprint density at radius 1 is 1.18 bits per heavy atom. The third-order valence-electron chi connectivity index (χ3n) is 2.79. The molecule has 0 fully saturated rings. The van der Waals surface area contributed by atoms with Crippen molar-refractivity contribution in [3.05, 3.63) is 0 Å². The van der Waals surface area contributed by atoms with Crippen LogP contribution in [0.4, 0.5) is 8.78 Å². The van der Waals surface area contributed by atoms with Crippen LogP contribution in [0.1, 0.15) is 59.8 Å². The number of ketones is 1. The van der Waals surface area contributed by atoms with Crippen molar-refractivity contribution in [3.63, 3.8) is 0 Å². The van der Waals surface area contributed by atoms with E-state index < -0.39 is 23.2 Å². The maximum absolute atomic E-state index is 13.6. The van der Waals surface area contributed by atoms with Gasteiger partial charge in [-0.25, -0.2) is 0 Å². The molecule has 1 atom stereocenters. The molecule has 0 aromatic carbocycles. The molecular weight excluding hydrogens is 226 g/mol. The first-order valence-electron chi connectivity index (χ1n) is 6.23. The van der Waals surface area contributed by atoms with Crippen molar-refractivity contribution < 1.29 is 18.7 Å². The number of hydrogen-bond donors (Lipinski definition) is 1. The summed E-state index contributed by atoms with van der Waals surface area (Å²) in [7, 11) is 0. The van der Waals surface area contributed by atoms with Crippen molar-refractivity contribution in [2.45, 2.75) is 71.8 Å². The number of rotatable bonds is 7. The zero-order valence-corrected chi connectivity index (χ0v) is 11.2. The molecule has 0 saturated carbocycles. The van der Waals surface area contributed by atoms with Crippen molar-refractivity contribution in [1.29, 1.82) is 0 Å². The molecule has 0 amide bonds. The smallest absolute Gasteiger partial charge is 0.330 e. The topological polar surface area (TPSA) is 37.3 Å². The first kappa shape index (κ1) is 16.5.